The van der Waals surface area contributed by atoms with Gasteiger partial charge in [0.1, 0.15) is 12.1 Å². The van der Waals surface area contributed by atoms with Crippen LogP contribution in [0.15, 0.2) is 75.9 Å². The maximum Gasteiger partial charge on any atom is 0.283 e. The van der Waals surface area contributed by atoms with Crippen molar-refractivity contribution in [1.82, 2.24) is 9.97 Å². The highest BCUT2D eigenvalue weighted by Crippen LogP contribution is 2.25. The van der Waals surface area contributed by atoms with E-state index in [-0.39, 0.29) is 6.61 Å². The Morgan fingerprint density at radius 3 is 2.77 bits per heavy atom. The minimum absolute atomic E-state index is 0.250. The lowest BCUT2D eigenvalue weighted by atomic mass is 10.2. The number of amides is 2. The van der Waals surface area contributed by atoms with E-state index < -0.39 is 11.8 Å². The standard InChI is InChI=1S/C22H15N5O3/c28-20-6-3-10-23-21(29)13-30-16-7-8-19-17(12-16)22(26-14-25-19)27-18-5-2-1-4-15(18)9-11-24-20/h1-12,14H,13H2/b6-3-,15-9-,23-10-,24-11-,27-18-. The minimum atomic E-state index is -0.492. The summed E-state index contributed by atoms with van der Waals surface area (Å²) in [6, 6.07) is 12.6. The minimum Gasteiger partial charge on any atom is -0.484 e. The van der Waals surface area contributed by atoms with Crippen LogP contribution in [0.2, 0.25) is 0 Å². The molecule has 0 spiro atoms. The van der Waals surface area contributed by atoms with E-state index >= 15 is 0 Å². The molecule has 0 fully saturated rings. The van der Waals surface area contributed by atoms with Gasteiger partial charge in [0.15, 0.2) is 12.4 Å². The number of aromatic nitrogens is 2. The molecule has 1 aromatic heterocycles. The van der Waals surface area contributed by atoms with E-state index in [9.17, 15) is 9.59 Å². The molecule has 2 heterocycles. The predicted octanol–water partition coefficient (Wildman–Crippen LogP) is 1.50. The van der Waals surface area contributed by atoms with Crippen LogP contribution in [0.5, 0.6) is 5.75 Å². The number of hydrogen-bond acceptors (Lipinski definition) is 6. The van der Waals surface area contributed by atoms with Crippen LogP contribution in [0, 0.1) is 0 Å². The van der Waals surface area contributed by atoms with Gasteiger partial charge in [-0.1, -0.05) is 18.2 Å². The third kappa shape index (κ3) is 4.56. The number of benzene rings is 2. The van der Waals surface area contributed by atoms with E-state index in [1.165, 1.54) is 30.9 Å². The van der Waals surface area contributed by atoms with Gasteiger partial charge in [0.05, 0.1) is 10.9 Å². The number of carbonyl (C=O) groups is 2. The lowest BCUT2D eigenvalue weighted by Gasteiger charge is -2.06. The molecule has 30 heavy (non-hydrogen) atoms. The molecule has 2 amide bonds. The van der Waals surface area contributed by atoms with Crippen LogP contribution in [0.3, 0.4) is 0 Å². The van der Waals surface area contributed by atoms with Crippen molar-refractivity contribution in [1.29, 1.82) is 0 Å². The average molecular weight is 397 g/mol. The molecule has 8 heteroatoms. The molecule has 0 N–H and O–H groups in total. The summed E-state index contributed by atoms with van der Waals surface area (Å²) in [7, 11) is 0. The number of rotatable bonds is 0. The fourth-order valence-electron chi connectivity index (χ4n) is 2.71. The molecule has 2 aromatic carbocycles. The summed E-state index contributed by atoms with van der Waals surface area (Å²) >= 11 is 0. The van der Waals surface area contributed by atoms with Crippen LogP contribution in [0.25, 0.3) is 17.0 Å². The highest BCUT2D eigenvalue weighted by molar-refractivity contribution is 6.03. The Morgan fingerprint density at radius 1 is 0.933 bits per heavy atom. The van der Waals surface area contributed by atoms with Crippen molar-refractivity contribution in [3.63, 3.8) is 0 Å². The smallest absolute Gasteiger partial charge is 0.283 e. The molecule has 0 atom stereocenters. The summed E-state index contributed by atoms with van der Waals surface area (Å²) in [5.41, 5.74) is 0.689. The summed E-state index contributed by atoms with van der Waals surface area (Å²) < 4.78 is 5.53. The molecule has 1 aliphatic rings. The van der Waals surface area contributed by atoms with Crippen molar-refractivity contribution < 1.29 is 14.3 Å². The van der Waals surface area contributed by atoms with Crippen LogP contribution in [-0.4, -0.2) is 40.8 Å². The Hall–Kier alpha value is -4.33. The molecule has 4 rings (SSSR count). The Kier molecular flexibility index (Phi) is 5.56. The molecule has 0 aliphatic carbocycles. The first-order chi connectivity index (χ1) is 14.7. The molecule has 0 saturated heterocycles. The fourth-order valence-corrected chi connectivity index (χ4v) is 2.71. The number of carbonyl (C=O) groups excluding carboxylic acids is 2. The fraction of sp³-hybridized carbons (Fsp3) is 0.0455. The Balaban J connectivity index is 1.90. The van der Waals surface area contributed by atoms with Crippen LogP contribution in [-0.2, 0) is 9.59 Å². The number of para-hydroxylation sites is 1. The average Bonchev–Trinajstić information content (AvgIpc) is 2.76. The maximum atomic E-state index is 11.8. The number of fused-ring (bicyclic) bond motifs is 2. The molecule has 146 valence electrons. The maximum absolute atomic E-state index is 11.8. The zero-order valence-corrected chi connectivity index (χ0v) is 15.7. The number of hydrogen-bond donors (Lipinski definition) is 0. The monoisotopic (exact) mass is 397 g/mol. The summed E-state index contributed by atoms with van der Waals surface area (Å²) in [6.07, 6.45) is 8.31. The van der Waals surface area contributed by atoms with Crippen molar-refractivity contribution in [3.05, 3.63) is 71.5 Å². The highest BCUT2D eigenvalue weighted by Gasteiger charge is 2.06. The molecular formula is C22H15N5O3. The second-order valence-electron chi connectivity index (χ2n) is 6.15. The molecule has 3 aromatic rings. The Bertz CT molecular complexity index is 1340. The van der Waals surface area contributed by atoms with Crippen LogP contribution >= 0.6 is 0 Å². The van der Waals surface area contributed by atoms with Gasteiger partial charge in [-0.15, -0.1) is 0 Å². The second kappa shape index (κ2) is 8.78. The van der Waals surface area contributed by atoms with Crippen molar-refractivity contribution in [2.75, 3.05) is 6.61 Å². The van der Waals surface area contributed by atoms with Crippen molar-refractivity contribution in [3.8, 4) is 5.75 Å². The molecule has 8 nitrogen and oxygen atoms in total. The first kappa shape index (κ1) is 19.0. The molecular weight excluding hydrogens is 382 g/mol. The molecule has 0 saturated carbocycles. The first-order valence-corrected chi connectivity index (χ1v) is 9.02. The summed E-state index contributed by atoms with van der Waals surface area (Å²) in [6.45, 7) is -0.250. The SMILES string of the molecule is O=C1/C=C\C=N/C(=O)COc2ccc3ncnc(c3c2)/N=c2/cccc/c2=C/C=N\1. The van der Waals surface area contributed by atoms with Gasteiger partial charge in [0.25, 0.3) is 11.8 Å². The van der Waals surface area contributed by atoms with Crippen LogP contribution in [0.1, 0.15) is 0 Å². The summed E-state index contributed by atoms with van der Waals surface area (Å²) in [5, 5.41) is 2.10. The lowest BCUT2D eigenvalue weighted by Crippen LogP contribution is -2.24. The van der Waals surface area contributed by atoms with Gasteiger partial charge in [-0.05, 0) is 36.4 Å². The zero-order chi connectivity index (χ0) is 20.8. The molecule has 2 bridgehead atoms. The predicted molar refractivity (Wildman–Crippen MR) is 113 cm³/mol. The van der Waals surface area contributed by atoms with Crippen molar-refractivity contribution in [2.24, 2.45) is 15.0 Å². The van der Waals surface area contributed by atoms with Gasteiger partial charge < -0.3 is 4.74 Å². The molecule has 1 aliphatic heterocycles. The van der Waals surface area contributed by atoms with Crippen molar-refractivity contribution in [2.45, 2.75) is 0 Å². The summed E-state index contributed by atoms with van der Waals surface area (Å²) in [4.78, 5) is 44.4. The topological polar surface area (TPSA) is 106 Å². The number of ether oxygens (including phenoxy) is 1. The Labute approximate surface area is 170 Å². The van der Waals surface area contributed by atoms with Gasteiger partial charge in [-0.3, -0.25) is 9.59 Å². The van der Waals surface area contributed by atoms with Gasteiger partial charge in [-0.25, -0.2) is 24.9 Å². The van der Waals surface area contributed by atoms with Crippen LogP contribution < -0.4 is 15.3 Å². The van der Waals surface area contributed by atoms with Gasteiger partial charge >= 0.3 is 0 Å². The number of allylic oxidation sites excluding steroid dienone is 1. The molecule has 0 unspecified atom stereocenters. The first-order valence-electron chi connectivity index (χ1n) is 9.02. The number of aliphatic imine (C=N–C) groups is 2. The zero-order valence-electron chi connectivity index (χ0n) is 15.7. The highest BCUT2D eigenvalue weighted by atomic mass is 16.5. The van der Waals surface area contributed by atoms with Gasteiger partial charge in [0.2, 0.25) is 0 Å². The third-order valence-corrected chi connectivity index (χ3v) is 4.11. The lowest BCUT2D eigenvalue weighted by molar-refractivity contribution is -0.119. The van der Waals surface area contributed by atoms with Gasteiger partial charge in [0, 0.05) is 29.1 Å². The summed E-state index contributed by atoms with van der Waals surface area (Å²) in [5.74, 6) is -0.0541. The third-order valence-electron chi connectivity index (χ3n) is 4.11. The van der Waals surface area contributed by atoms with E-state index in [2.05, 4.69) is 24.9 Å². The van der Waals surface area contributed by atoms with Crippen LogP contribution in [0.4, 0.5) is 5.82 Å². The second-order valence-corrected chi connectivity index (χ2v) is 6.15. The van der Waals surface area contributed by atoms with Gasteiger partial charge in [-0.2, -0.15) is 0 Å². The molecule has 0 radical (unpaired) electrons. The van der Waals surface area contributed by atoms with E-state index in [0.29, 0.717) is 27.8 Å². The largest absolute Gasteiger partial charge is 0.484 e. The van der Waals surface area contributed by atoms with E-state index in [1.54, 1.807) is 24.3 Å². The Morgan fingerprint density at radius 2 is 1.83 bits per heavy atom. The van der Waals surface area contributed by atoms with E-state index in [1.807, 2.05) is 24.3 Å². The normalized spacial score (nSPS) is 19.9. The van der Waals surface area contributed by atoms with Crippen molar-refractivity contribution >= 4 is 47.0 Å². The number of nitrogens with zero attached hydrogens (tertiary/aromatic N) is 5. The quantitative estimate of drug-likeness (QED) is 0.572. The van der Waals surface area contributed by atoms with E-state index in [0.717, 1.165) is 5.22 Å². The van der Waals surface area contributed by atoms with E-state index in [4.69, 9.17) is 4.74 Å².